The van der Waals surface area contributed by atoms with Crippen LogP contribution in [0.5, 0.6) is 0 Å². The lowest BCUT2D eigenvalue weighted by atomic mass is 10.0. The van der Waals surface area contributed by atoms with Crippen molar-refractivity contribution in [3.8, 4) is 0 Å². The van der Waals surface area contributed by atoms with Crippen molar-refractivity contribution in [2.75, 3.05) is 12.4 Å². The van der Waals surface area contributed by atoms with Crippen LogP contribution in [0.15, 0.2) is 53.4 Å². The average molecular weight is 333 g/mol. The molecule has 1 unspecified atom stereocenters. The number of carbonyl (C=O) groups excluding carboxylic acids is 2. The molecule has 1 aliphatic rings. The molecule has 6 heteroatoms. The number of amides is 1. The molecule has 1 aliphatic heterocycles. The molecule has 0 fully saturated rings. The van der Waals surface area contributed by atoms with Gasteiger partial charge in [0.1, 0.15) is 0 Å². The predicted molar refractivity (Wildman–Crippen MR) is 88.3 cm³/mol. The van der Waals surface area contributed by atoms with Crippen LogP contribution < -0.4 is 5.32 Å². The molecule has 1 heterocycles. The van der Waals surface area contributed by atoms with Crippen LogP contribution in [0.4, 0.5) is 5.69 Å². The van der Waals surface area contributed by atoms with Crippen LogP contribution in [0, 0.1) is 0 Å². The molecule has 112 valence electrons. The Bertz CT molecular complexity index is 750. The number of Topliss-reactive ketones (excluding diaryl/α,β-unsaturated/α-hetero) is 1. The molecule has 2 aromatic carbocycles. The van der Waals surface area contributed by atoms with Crippen molar-refractivity contribution < 1.29 is 9.59 Å². The number of rotatable bonds is 2. The van der Waals surface area contributed by atoms with Gasteiger partial charge in [-0.25, -0.2) is 4.31 Å². The van der Waals surface area contributed by atoms with Gasteiger partial charge in [-0.2, -0.15) is 0 Å². The van der Waals surface area contributed by atoms with Gasteiger partial charge in [0.25, 0.3) is 5.91 Å². The summed E-state index contributed by atoms with van der Waals surface area (Å²) in [5, 5.41) is 3.27. The smallest absolute Gasteiger partial charge is 0.250 e. The zero-order chi connectivity index (χ0) is 15.7. The normalized spacial score (nSPS) is 17.9. The Kier molecular flexibility index (Phi) is 4.20. The van der Waals surface area contributed by atoms with E-state index in [2.05, 4.69) is 5.32 Å². The van der Waals surface area contributed by atoms with Gasteiger partial charge >= 0.3 is 0 Å². The zero-order valence-electron chi connectivity index (χ0n) is 11.7. The van der Waals surface area contributed by atoms with Crippen LogP contribution >= 0.6 is 23.5 Å². The number of fused-ring (bicyclic) bond motifs is 1. The number of nitrogens with zero attached hydrogens (tertiary/aromatic N) is 1. The van der Waals surface area contributed by atoms with E-state index >= 15 is 0 Å². The van der Waals surface area contributed by atoms with Crippen molar-refractivity contribution in [1.29, 1.82) is 0 Å². The van der Waals surface area contributed by atoms with E-state index in [-0.39, 0.29) is 11.7 Å². The minimum Gasteiger partial charge on any atom is -0.324 e. The topological polar surface area (TPSA) is 49.4 Å². The molecule has 0 radical (unpaired) electrons. The number of likely N-dealkylation sites (N-methyl/N-ethyl adjacent to an activating group) is 1. The Morgan fingerprint density at radius 3 is 2.77 bits per heavy atom. The van der Waals surface area contributed by atoms with Crippen LogP contribution in [0.1, 0.15) is 10.4 Å². The first-order valence-corrected chi connectivity index (χ1v) is 7.82. The van der Waals surface area contributed by atoms with Gasteiger partial charge in [-0.15, -0.1) is 0 Å². The number of carbonyl (C=O) groups is 2. The Morgan fingerprint density at radius 2 is 2.00 bits per heavy atom. The van der Waals surface area contributed by atoms with Gasteiger partial charge in [0.05, 0.1) is 0 Å². The van der Waals surface area contributed by atoms with Gasteiger partial charge in [0.15, 0.2) is 11.8 Å². The fraction of sp³-hybridized carbons (Fsp3) is 0.125. The first-order valence-electron chi connectivity index (χ1n) is 6.67. The number of hydrogen-bond acceptors (Lipinski definition) is 4. The lowest BCUT2D eigenvalue weighted by Crippen LogP contribution is -2.46. The zero-order valence-corrected chi connectivity index (χ0v) is 13.3. The van der Waals surface area contributed by atoms with Crippen LogP contribution in [-0.4, -0.2) is 29.1 Å². The molecule has 3 rings (SSSR count). The minimum absolute atomic E-state index is 0.198. The molecule has 1 atom stereocenters. The number of ketones is 1. The molecule has 1 amide bonds. The molecule has 0 saturated carbocycles. The van der Waals surface area contributed by atoms with Crippen molar-refractivity contribution in [3.63, 3.8) is 0 Å². The highest BCUT2D eigenvalue weighted by Crippen LogP contribution is 2.34. The van der Waals surface area contributed by atoms with Gasteiger partial charge in [0.2, 0.25) is 0 Å². The summed E-state index contributed by atoms with van der Waals surface area (Å²) in [6.07, 6.45) is 0. The molecule has 0 saturated heterocycles. The summed E-state index contributed by atoms with van der Waals surface area (Å²) < 4.78 is 1.67. The van der Waals surface area contributed by atoms with Crippen molar-refractivity contribution >= 4 is 40.9 Å². The Hall–Kier alpha value is -1.82. The predicted octanol–water partition coefficient (Wildman–Crippen LogP) is 3.48. The maximum Gasteiger partial charge on any atom is 0.250 e. The molecule has 1 N–H and O–H groups in total. The van der Waals surface area contributed by atoms with E-state index in [0.29, 0.717) is 16.3 Å². The van der Waals surface area contributed by atoms with Gasteiger partial charge < -0.3 is 5.32 Å². The van der Waals surface area contributed by atoms with Crippen molar-refractivity contribution in [2.45, 2.75) is 10.9 Å². The molecule has 0 bridgehead atoms. The number of halogens is 1. The third-order valence-corrected chi connectivity index (χ3v) is 4.63. The number of anilines is 1. The quantitative estimate of drug-likeness (QED) is 0.675. The highest BCUT2D eigenvalue weighted by Gasteiger charge is 2.37. The molecule has 22 heavy (non-hydrogen) atoms. The third-order valence-electron chi connectivity index (χ3n) is 3.35. The van der Waals surface area contributed by atoms with Crippen molar-refractivity contribution in [2.24, 2.45) is 0 Å². The first kappa shape index (κ1) is 15.1. The largest absolute Gasteiger partial charge is 0.324 e. The molecule has 4 nitrogen and oxygen atoms in total. The highest BCUT2D eigenvalue weighted by molar-refractivity contribution is 7.97. The van der Waals surface area contributed by atoms with Crippen LogP contribution in [0.2, 0.25) is 5.02 Å². The van der Waals surface area contributed by atoms with Gasteiger partial charge in [-0.05, 0) is 43.3 Å². The Labute approximate surface area is 137 Å². The van der Waals surface area contributed by atoms with E-state index in [1.807, 2.05) is 12.1 Å². The Morgan fingerprint density at radius 1 is 1.23 bits per heavy atom. The van der Waals surface area contributed by atoms with Gasteiger partial charge in [-0.1, -0.05) is 35.9 Å². The second kappa shape index (κ2) is 6.12. The summed E-state index contributed by atoms with van der Waals surface area (Å²) >= 11 is 7.30. The summed E-state index contributed by atoms with van der Waals surface area (Å²) in [6, 6.07) is 13.3. The summed E-state index contributed by atoms with van der Waals surface area (Å²) in [6.45, 7) is 0. The second-order valence-corrected chi connectivity index (χ2v) is 6.53. The third kappa shape index (κ3) is 2.88. The first-order chi connectivity index (χ1) is 10.6. The van der Waals surface area contributed by atoms with E-state index in [9.17, 15) is 9.59 Å². The molecule has 0 aliphatic carbocycles. The highest BCUT2D eigenvalue weighted by atomic mass is 35.5. The monoisotopic (exact) mass is 332 g/mol. The lowest BCUT2D eigenvalue weighted by molar-refractivity contribution is -0.118. The SMILES string of the molecule is CN1Sc2ccccc2C(=O)C1C(=O)Nc1cccc(Cl)c1. The molecule has 0 spiro atoms. The average Bonchev–Trinajstić information content (AvgIpc) is 2.47. The van der Waals surface area contributed by atoms with E-state index < -0.39 is 6.04 Å². The summed E-state index contributed by atoms with van der Waals surface area (Å²) in [5.74, 6) is -0.562. The fourth-order valence-electron chi connectivity index (χ4n) is 2.33. The lowest BCUT2D eigenvalue weighted by Gasteiger charge is -2.30. The Balaban J connectivity index is 1.85. The molecule has 0 aromatic heterocycles. The van der Waals surface area contributed by atoms with E-state index in [0.717, 1.165) is 4.90 Å². The fourth-order valence-corrected chi connectivity index (χ4v) is 3.53. The maximum absolute atomic E-state index is 12.6. The molecule has 2 aromatic rings. The summed E-state index contributed by atoms with van der Waals surface area (Å²) in [4.78, 5) is 25.9. The van der Waals surface area contributed by atoms with Crippen molar-refractivity contribution in [1.82, 2.24) is 4.31 Å². The number of nitrogens with one attached hydrogen (secondary N) is 1. The summed E-state index contributed by atoms with van der Waals surface area (Å²) in [5.41, 5.74) is 1.15. The van der Waals surface area contributed by atoms with Crippen LogP contribution in [0.3, 0.4) is 0 Å². The van der Waals surface area contributed by atoms with E-state index in [4.69, 9.17) is 11.6 Å². The van der Waals surface area contributed by atoms with Crippen LogP contribution in [-0.2, 0) is 4.79 Å². The van der Waals surface area contributed by atoms with Gasteiger partial charge in [0, 0.05) is 21.2 Å². The maximum atomic E-state index is 12.6. The molecular weight excluding hydrogens is 320 g/mol. The number of hydrogen-bond donors (Lipinski definition) is 1. The van der Waals surface area contributed by atoms with Crippen LogP contribution in [0.25, 0.3) is 0 Å². The van der Waals surface area contributed by atoms with E-state index in [1.165, 1.54) is 11.9 Å². The minimum atomic E-state index is -0.862. The number of benzene rings is 2. The van der Waals surface area contributed by atoms with E-state index in [1.54, 1.807) is 47.8 Å². The van der Waals surface area contributed by atoms with Gasteiger partial charge in [-0.3, -0.25) is 9.59 Å². The van der Waals surface area contributed by atoms with Crippen molar-refractivity contribution in [3.05, 3.63) is 59.1 Å². The molecular formula is C16H13ClN2O2S. The summed E-state index contributed by atoms with van der Waals surface area (Å²) in [7, 11) is 1.74. The standard InChI is InChI=1S/C16H13ClN2O2S/c1-19-14(15(20)12-7-2-3-8-13(12)22-19)16(21)18-11-6-4-5-10(17)9-11/h2-9,14H,1H3,(H,18,21). The second-order valence-electron chi connectivity index (χ2n) is 4.90.